The Balaban J connectivity index is 2.11. The Kier molecular flexibility index (Phi) is 3.63. The molecular formula is C9H12N4O2S2. The zero-order chi connectivity index (χ0) is 12.4. The summed E-state index contributed by atoms with van der Waals surface area (Å²) < 4.78 is 0.831. The van der Waals surface area contributed by atoms with Crippen molar-refractivity contribution in [2.75, 3.05) is 17.2 Å². The maximum atomic E-state index is 11.7. The SMILES string of the molecule is CCSc1nnc(N2CC(C(N)=O)CC2=O)s1. The van der Waals surface area contributed by atoms with Crippen molar-refractivity contribution in [3.63, 3.8) is 0 Å². The fourth-order valence-electron chi connectivity index (χ4n) is 1.58. The summed E-state index contributed by atoms with van der Waals surface area (Å²) >= 11 is 2.94. The monoisotopic (exact) mass is 272 g/mol. The Hall–Kier alpha value is -1.15. The van der Waals surface area contributed by atoms with E-state index in [4.69, 9.17) is 5.73 Å². The second-order valence-electron chi connectivity index (χ2n) is 3.59. The van der Waals surface area contributed by atoms with Crippen LogP contribution >= 0.6 is 23.1 Å². The lowest BCUT2D eigenvalue weighted by Gasteiger charge is -2.10. The fourth-order valence-corrected chi connectivity index (χ4v) is 3.34. The standard InChI is InChI=1S/C9H12N4O2S2/c1-2-16-9-12-11-8(17-9)13-4-5(7(10)15)3-6(13)14/h5H,2-4H2,1H3,(H2,10,15). The zero-order valence-electron chi connectivity index (χ0n) is 9.25. The van der Waals surface area contributed by atoms with Crippen LogP contribution in [0, 0.1) is 5.92 Å². The van der Waals surface area contributed by atoms with Gasteiger partial charge in [-0.15, -0.1) is 10.2 Å². The van der Waals surface area contributed by atoms with E-state index >= 15 is 0 Å². The topological polar surface area (TPSA) is 89.2 Å². The number of nitrogens with two attached hydrogens (primary N) is 1. The van der Waals surface area contributed by atoms with Crippen molar-refractivity contribution in [3.8, 4) is 0 Å². The summed E-state index contributed by atoms with van der Waals surface area (Å²) in [5, 5.41) is 8.49. The molecule has 1 aromatic heterocycles. The molecule has 0 bridgehead atoms. The van der Waals surface area contributed by atoms with E-state index in [9.17, 15) is 9.59 Å². The van der Waals surface area contributed by atoms with Crippen LogP contribution in [0.15, 0.2) is 4.34 Å². The molecule has 1 aromatic rings. The lowest BCUT2D eigenvalue weighted by Crippen LogP contribution is -2.28. The minimum absolute atomic E-state index is 0.113. The molecule has 2 heterocycles. The highest BCUT2D eigenvalue weighted by molar-refractivity contribution is 8.01. The third-order valence-corrected chi connectivity index (χ3v) is 4.38. The maximum Gasteiger partial charge on any atom is 0.229 e. The molecule has 17 heavy (non-hydrogen) atoms. The average molecular weight is 272 g/mol. The normalized spacial score (nSPS) is 19.9. The number of rotatable bonds is 4. The van der Waals surface area contributed by atoms with Crippen LogP contribution in [-0.2, 0) is 9.59 Å². The quantitative estimate of drug-likeness (QED) is 0.636. The summed E-state index contributed by atoms with van der Waals surface area (Å²) in [5.41, 5.74) is 5.20. The van der Waals surface area contributed by atoms with Crippen LogP contribution in [0.4, 0.5) is 5.13 Å². The largest absolute Gasteiger partial charge is 0.369 e. The first kappa shape index (κ1) is 12.3. The van der Waals surface area contributed by atoms with Crippen molar-refractivity contribution < 1.29 is 9.59 Å². The van der Waals surface area contributed by atoms with Gasteiger partial charge in [0.05, 0.1) is 5.92 Å². The van der Waals surface area contributed by atoms with Crippen LogP contribution < -0.4 is 10.6 Å². The van der Waals surface area contributed by atoms with Gasteiger partial charge in [0.25, 0.3) is 0 Å². The number of nitrogens with zero attached hydrogens (tertiary/aromatic N) is 3. The van der Waals surface area contributed by atoms with E-state index in [2.05, 4.69) is 10.2 Å². The maximum absolute atomic E-state index is 11.7. The van der Waals surface area contributed by atoms with Crippen LogP contribution in [0.3, 0.4) is 0 Å². The van der Waals surface area contributed by atoms with E-state index in [1.807, 2.05) is 6.92 Å². The molecule has 0 radical (unpaired) electrons. The fraction of sp³-hybridized carbons (Fsp3) is 0.556. The van der Waals surface area contributed by atoms with Gasteiger partial charge in [-0.3, -0.25) is 14.5 Å². The van der Waals surface area contributed by atoms with Gasteiger partial charge >= 0.3 is 0 Å². The van der Waals surface area contributed by atoms with E-state index < -0.39 is 11.8 Å². The molecular weight excluding hydrogens is 260 g/mol. The first-order valence-electron chi connectivity index (χ1n) is 5.17. The van der Waals surface area contributed by atoms with Gasteiger partial charge in [-0.1, -0.05) is 30.0 Å². The van der Waals surface area contributed by atoms with Gasteiger partial charge in [-0.05, 0) is 5.75 Å². The smallest absolute Gasteiger partial charge is 0.229 e. The number of hydrogen-bond acceptors (Lipinski definition) is 6. The van der Waals surface area contributed by atoms with Gasteiger partial charge in [0, 0.05) is 13.0 Å². The van der Waals surface area contributed by atoms with Crippen LogP contribution in [0.2, 0.25) is 0 Å². The molecule has 1 fully saturated rings. The Labute approximate surface area is 107 Å². The molecule has 2 amide bonds. The summed E-state index contributed by atoms with van der Waals surface area (Å²) in [5.74, 6) is -0.0489. The number of hydrogen-bond donors (Lipinski definition) is 1. The van der Waals surface area contributed by atoms with E-state index in [-0.39, 0.29) is 12.3 Å². The number of aromatic nitrogens is 2. The lowest BCUT2D eigenvalue weighted by molar-refractivity contribution is -0.123. The van der Waals surface area contributed by atoms with Crippen molar-refractivity contribution in [3.05, 3.63) is 0 Å². The van der Waals surface area contributed by atoms with Gasteiger partial charge in [-0.25, -0.2) is 0 Å². The molecule has 1 atom stereocenters. The molecule has 1 aliphatic rings. The van der Waals surface area contributed by atoms with Crippen LogP contribution in [0.1, 0.15) is 13.3 Å². The Morgan fingerprint density at radius 2 is 2.41 bits per heavy atom. The van der Waals surface area contributed by atoms with Crippen molar-refractivity contribution in [1.29, 1.82) is 0 Å². The highest BCUT2D eigenvalue weighted by atomic mass is 32.2. The number of anilines is 1. The number of carbonyl (C=O) groups excluding carboxylic acids is 2. The Bertz CT molecular complexity index is 448. The average Bonchev–Trinajstić information content (AvgIpc) is 2.85. The van der Waals surface area contributed by atoms with Crippen molar-refractivity contribution >= 4 is 40.0 Å². The lowest BCUT2D eigenvalue weighted by atomic mass is 10.1. The summed E-state index contributed by atoms with van der Waals surface area (Å²) in [7, 11) is 0. The minimum atomic E-state index is -0.437. The third kappa shape index (κ3) is 2.58. The minimum Gasteiger partial charge on any atom is -0.369 e. The second-order valence-corrected chi connectivity index (χ2v) is 6.06. The molecule has 0 aromatic carbocycles. The van der Waals surface area contributed by atoms with E-state index in [1.165, 1.54) is 16.2 Å². The molecule has 1 unspecified atom stereocenters. The molecule has 2 N–H and O–H groups in total. The Morgan fingerprint density at radius 1 is 1.65 bits per heavy atom. The van der Waals surface area contributed by atoms with E-state index in [0.717, 1.165) is 10.1 Å². The molecule has 1 saturated heterocycles. The van der Waals surface area contributed by atoms with Crippen LogP contribution in [0.25, 0.3) is 0 Å². The number of carbonyl (C=O) groups is 2. The second kappa shape index (κ2) is 5.01. The first-order chi connectivity index (χ1) is 8.11. The highest BCUT2D eigenvalue weighted by Gasteiger charge is 2.35. The van der Waals surface area contributed by atoms with E-state index in [1.54, 1.807) is 11.8 Å². The molecule has 1 aliphatic heterocycles. The molecule has 8 heteroatoms. The van der Waals surface area contributed by atoms with Gasteiger partial charge < -0.3 is 5.73 Å². The van der Waals surface area contributed by atoms with Crippen LogP contribution in [-0.4, -0.2) is 34.3 Å². The van der Waals surface area contributed by atoms with E-state index in [0.29, 0.717) is 11.7 Å². The highest BCUT2D eigenvalue weighted by Crippen LogP contribution is 2.31. The van der Waals surface area contributed by atoms with Gasteiger partial charge in [0.15, 0.2) is 4.34 Å². The summed E-state index contributed by atoms with van der Waals surface area (Å²) in [6.07, 6.45) is 0.172. The molecule has 2 rings (SSSR count). The summed E-state index contributed by atoms with van der Waals surface area (Å²) in [6.45, 7) is 2.34. The number of amides is 2. The molecule has 92 valence electrons. The van der Waals surface area contributed by atoms with Gasteiger partial charge in [0.2, 0.25) is 16.9 Å². The summed E-state index contributed by atoms with van der Waals surface area (Å²) in [6, 6.07) is 0. The van der Waals surface area contributed by atoms with Crippen molar-refractivity contribution in [2.24, 2.45) is 11.7 Å². The molecule has 0 spiro atoms. The van der Waals surface area contributed by atoms with Gasteiger partial charge in [-0.2, -0.15) is 0 Å². The number of primary amides is 1. The first-order valence-corrected chi connectivity index (χ1v) is 6.98. The molecule has 6 nitrogen and oxygen atoms in total. The predicted molar refractivity (Wildman–Crippen MR) is 66.0 cm³/mol. The van der Waals surface area contributed by atoms with Crippen LogP contribution in [0.5, 0.6) is 0 Å². The zero-order valence-corrected chi connectivity index (χ0v) is 10.9. The van der Waals surface area contributed by atoms with Gasteiger partial charge in [0.1, 0.15) is 0 Å². The van der Waals surface area contributed by atoms with Crippen molar-refractivity contribution in [2.45, 2.75) is 17.7 Å². The number of thioether (sulfide) groups is 1. The summed E-state index contributed by atoms with van der Waals surface area (Å²) in [4.78, 5) is 24.2. The third-order valence-electron chi connectivity index (χ3n) is 2.42. The molecule has 0 aliphatic carbocycles. The van der Waals surface area contributed by atoms with Crippen molar-refractivity contribution in [1.82, 2.24) is 10.2 Å². The predicted octanol–water partition coefficient (Wildman–Crippen LogP) is 0.488. The molecule has 0 saturated carbocycles. The Morgan fingerprint density at radius 3 is 3.00 bits per heavy atom.